The first kappa shape index (κ1) is 13.7. The van der Waals surface area contributed by atoms with Crippen LogP contribution < -0.4 is 20.5 Å². The minimum Gasteiger partial charge on any atom is -0.486 e. The Labute approximate surface area is 113 Å². The second-order valence-electron chi connectivity index (χ2n) is 4.62. The van der Waals surface area contributed by atoms with Crippen LogP contribution in [0, 0.1) is 5.92 Å². The van der Waals surface area contributed by atoms with Crippen LogP contribution in [0.2, 0.25) is 0 Å². The van der Waals surface area contributed by atoms with Crippen LogP contribution in [-0.2, 0) is 4.79 Å². The zero-order chi connectivity index (χ0) is 13.7. The summed E-state index contributed by atoms with van der Waals surface area (Å²) in [5, 5.41) is 2.86. The lowest BCUT2D eigenvalue weighted by Crippen LogP contribution is -2.22. The normalized spacial score (nSPS) is 14.8. The number of anilines is 1. The number of amides is 1. The van der Waals surface area contributed by atoms with Crippen molar-refractivity contribution in [2.45, 2.75) is 19.8 Å². The van der Waals surface area contributed by atoms with Crippen molar-refractivity contribution in [3.05, 3.63) is 18.2 Å². The SMILES string of the molecule is CCC(CN)CC(=O)Nc1ccc2c(c1)OCCO2. The lowest BCUT2D eigenvalue weighted by atomic mass is 10.0. The highest BCUT2D eigenvalue weighted by Crippen LogP contribution is 2.32. The standard InChI is InChI=1S/C14H20N2O3/c1-2-10(9-15)7-14(17)16-11-3-4-12-13(8-11)19-6-5-18-12/h3-4,8,10H,2,5-7,9,15H2,1H3,(H,16,17). The Kier molecular flexibility index (Phi) is 4.63. The molecule has 0 aliphatic carbocycles. The molecule has 0 saturated heterocycles. The molecule has 0 saturated carbocycles. The van der Waals surface area contributed by atoms with Crippen molar-refractivity contribution in [2.75, 3.05) is 25.1 Å². The quantitative estimate of drug-likeness (QED) is 0.850. The molecule has 19 heavy (non-hydrogen) atoms. The number of benzene rings is 1. The van der Waals surface area contributed by atoms with Crippen LogP contribution in [-0.4, -0.2) is 25.7 Å². The van der Waals surface area contributed by atoms with Gasteiger partial charge in [0.05, 0.1) is 0 Å². The highest BCUT2D eigenvalue weighted by molar-refractivity contribution is 5.91. The van der Waals surface area contributed by atoms with Crippen molar-refractivity contribution < 1.29 is 14.3 Å². The number of nitrogens with one attached hydrogen (secondary N) is 1. The number of carbonyl (C=O) groups is 1. The fourth-order valence-electron chi connectivity index (χ4n) is 1.99. The summed E-state index contributed by atoms with van der Waals surface area (Å²) in [4.78, 5) is 11.9. The summed E-state index contributed by atoms with van der Waals surface area (Å²) < 4.78 is 10.9. The van der Waals surface area contributed by atoms with Crippen molar-refractivity contribution in [1.29, 1.82) is 0 Å². The third kappa shape index (κ3) is 3.61. The van der Waals surface area contributed by atoms with Gasteiger partial charge in [-0.05, 0) is 24.6 Å². The Bertz CT molecular complexity index is 444. The van der Waals surface area contributed by atoms with Gasteiger partial charge < -0.3 is 20.5 Å². The van der Waals surface area contributed by atoms with E-state index in [0.29, 0.717) is 31.9 Å². The van der Waals surface area contributed by atoms with Gasteiger partial charge in [0, 0.05) is 18.2 Å². The second kappa shape index (κ2) is 6.43. The van der Waals surface area contributed by atoms with Gasteiger partial charge in [-0.3, -0.25) is 4.79 Å². The zero-order valence-corrected chi connectivity index (χ0v) is 11.1. The maximum atomic E-state index is 11.9. The summed E-state index contributed by atoms with van der Waals surface area (Å²) in [7, 11) is 0. The van der Waals surface area contributed by atoms with Gasteiger partial charge in [-0.2, -0.15) is 0 Å². The molecular weight excluding hydrogens is 244 g/mol. The van der Waals surface area contributed by atoms with Gasteiger partial charge in [-0.15, -0.1) is 0 Å². The fourth-order valence-corrected chi connectivity index (χ4v) is 1.99. The number of nitrogens with two attached hydrogens (primary N) is 1. The fraction of sp³-hybridized carbons (Fsp3) is 0.500. The molecule has 2 rings (SSSR count). The van der Waals surface area contributed by atoms with Crippen molar-refractivity contribution in [2.24, 2.45) is 11.7 Å². The topological polar surface area (TPSA) is 73.6 Å². The summed E-state index contributed by atoms with van der Waals surface area (Å²) >= 11 is 0. The highest BCUT2D eigenvalue weighted by Gasteiger charge is 2.14. The van der Waals surface area contributed by atoms with E-state index in [1.807, 2.05) is 19.1 Å². The van der Waals surface area contributed by atoms with Gasteiger partial charge >= 0.3 is 0 Å². The van der Waals surface area contributed by atoms with Gasteiger partial charge in [0.15, 0.2) is 11.5 Å². The molecule has 1 aliphatic rings. The van der Waals surface area contributed by atoms with E-state index in [9.17, 15) is 4.79 Å². The summed E-state index contributed by atoms with van der Waals surface area (Å²) in [6.07, 6.45) is 1.35. The van der Waals surface area contributed by atoms with Crippen LogP contribution in [0.25, 0.3) is 0 Å². The van der Waals surface area contributed by atoms with E-state index >= 15 is 0 Å². The minimum absolute atomic E-state index is 0.0195. The summed E-state index contributed by atoms with van der Waals surface area (Å²) in [6.45, 7) is 3.67. The lowest BCUT2D eigenvalue weighted by molar-refractivity contribution is -0.117. The molecule has 104 valence electrons. The van der Waals surface area contributed by atoms with Crippen molar-refractivity contribution >= 4 is 11.6 Å². The maximum absolute atomic E-state index is 11.9. The molecule has 1 unspecified atom stereocenters. The molecule has 0 fully saturated rings. The molecule has 1 aliphatic heterocycles. The number of ether oxygens (including phenoxy) is 2. The van der Waals surface area contributed by atoms with Crippen LogP contribution in [0.3, 0.4) is 0 Å². The minimum atomic E-state index is -0.0195. The second-order valence-corrected chi connectivity index (χ2v) is 4.62. The largest absolute Gasteiger partial charge is 0.486 e. The Morgan fingerprint density at radius 2 is 2.11 bits per heavy atom. The number of carbonyl (C=O) groups excluding carboxylic acids is 1. The number of rotatable bonds is 5. The number of hydrogen-bond acceptors (Lipinski definition) is 4. The Morgan fingerprint density at radius 1 is 1.37 bits per heavy atom. The molecule has 5 nitrogen and oxygen atoms in total. The van der Waals surface area contributed by atoms with Gasteiger partial charge in [-0.25, -0.2) is 0 Å². The third-order valence-electron chi connectivity index (χ3n) is 3.21. The predicted octanol–water partition coefficient (Wildman–Crippen LogP) is 1.77. The van der Waals surface area contributed by atoms with E-state index in [0.717, 1.165) is 17.9 Å². The average molecular weight is 264 g/mol. The molecule has 5 heteroatoms. The van der Waals surface area contributed by atoms with Crippen LogP contribution in [0.1, 0.15) is 19.8 Å². The van der Waals surface area contributed by atoms with Crippen molar-refractivity contribution in [1.82, 2.24) is 0 Å². The molecule has 1 aromatic rings. The molecular formula is C14H20N2O3. The van der Waals surface area contributed by atoms with Crippen LogP contribution in [0.4, 0.5) is 5.69 Å². The monoisotopic (exact) mass is 264 g/mol. The first-order chi connectivity index (χ1) is 9.22. The van der Waals surface area contributed by atoms with E-state index in [2.05, 4.69) is 5.32 Å². The molecule has 3 N–H and O–H groups in total. The summed E-state index contributed by atoms with van der Waals surface area (Å²) in [5.74, 6) is 1.61. The van der Waals surface area contributed by atoms with E-state index in [1.54, 1.807) is 6.07 Å². The molecule has 1 aromatic carbocycles. The van der Waals surface area contributed by atoms with E-state index in [1.165, 1.54) is 0 Å². The third-order valence-corrected chi connectivity index (χ3v) is 3.21. The van der Waals surface area contributed by atoms with E-state index in [4.69, 9.17) is 15.2 Å². The Morgan fingerprint density at radius 3 is 2.79 bits per heavy atom. The van der Waals surface area contributed by atoms with E-state index < -0.39 is 0 Å². The van der Waals surface area contributed by atoms with Crippen molar-refractivity contribution in [3.63, 3.8) is 0 Å². The Balaban J connectivity index is 1.97. The summed E-state index contributed by atoms with van der Waals surface area (Å²) in [5.41, 5.74) is 6.32. The number of hydrogen-bond donors (Lipinski definition) is 2. The molecule has 1 heterocycles. The molecule has 1 atom stereocenters. The predicted molar refractivity (Wildman–Crippen MR) is 73.5 cm³/mol. The smallest absolute Gasteiger partial charge is 0.224 e. The highest BCUT2D eigenvalue weighted by atomic mass is 16.6. The van der Waals surface area contributed by atoms with Gasteiger partial charge in [-0.1, -0.05) is 13.3 Å². The van der Waals surface area contributed by atoms with Crippen LogP contribution in [0.5, 0.6) is 11.5 Å². The van der Waals surface area contributed by atoms with Crippen molar-refractivity contribution in [3.8, 4) is 11.5 Å². The van der Waals surface area contributed by atoms with E-state index in [-0.39, 0.29) is 11.8 Å². The molecule has 0 bridgehead atoms. The van der Waals surface area contributed by atoms with Crippen LogP contribution >= 0.6 is 0 Å². The van der Waals surface area contributed by atoms with Crippen LogP contribution in [0.15, 0.2) is 18.2 Å². The first-order valence-electron chi connectivity index (χ1n) is 6.62. The average Bonchev–Trinajstić information content (AvgIpc) is 2.44. The van der Waals surface area contributed by atoms with Gasteiger partial charge in [0.1, 0.15) is 13.2 Å². The molecule has 1 amide bonds. The Hall–Kier alpha value is -1.75. The lowest BCUT2D eigenvalue weighted by Gasteiger charge is -2.19. The number of fused-ring (bicyclic) bond motifs is 1. The molecule has 0 spiro atoms. The zero-order valence-electron chi connectivity index (χ0n) is 11.1. The first-order valence-corrected chi connectivity index (χ1v) is 6.62. The maximum Gasteiger partial charge on any atom is 0.224 e. The van der Waals surface area contributed by atoms with Gasteiger partial charge in [0.25, 0.3) is 0 Å². The molecule has 0 radical (unpaired) electrons. The summed E-state index contributed by atoms with van der Waals surface area (Å²) in [6, 6.07) is 5.41. The molecule has 0 aromatic heterocycles. The van der Waals surface area contributed by atoms with Gasteiger partial charge in [0.2, 0.25) is 5.91 Å².